The molecule has 3 N–H and O–H groups in total. The van der Waals surface area contributed by atoms with Gasteiger partial charge in [0.2, 0.25) is 0 Å². The molecule has 0 spiro atoms. The number of anilines is 2. The summed E-state index contributed by atoms with van der Waals surface area (Å²) in [6, 6.07) is 20.4. The molecule has 0 radical (unpaired) electrons. The number of benzene rings is 4. The summed E-state index contributed by atoms with van der Waals surface area (Å²) < 4.78 is 70.1. The van der Waals surface area contributed by atoms with E-state index in [-0.39, 0.29) is 60.4 Å². The van der Waals surface area contributed by atoms with Gasteiger partial charge in [-0.15, -0.1) is 0 Å². The van der Waals surface area contributed by atoms with Crippen LogP contribution < -0.4 is 39.1 Å². The Morgan fingerprint density at radius 1 is 0.633 bits per heavy atom. The Hall–Kier alpha value is -6.39. The minimum absolute atomic E-state index is 0.0737. The fraction of sp³-hybridized carbons (Fsp3) is 0.318. The maximum Gasteiger partial charge on any atom is 0.288 e. The van der Waals surface area contributed by atoms with Gasteiger partial charge in [-0.3, -0.25) is 14.1 Å². The van der Waals surface area contributed by atoms with Crippen LogP contribution in [0.1, 0.15) is 58.0 Å². The Balaban J connectivity index is 0.951. The molecule has 0 saturated heterocycles. The van der Waals surface area contributed by atoms with E-state index in [4.69, 9.17) is 28.4 Å². The lowest BCUT2D eigenvalue weighted by Gasteiger charge is -2.26. The van der Waals surface area contributed by atoms with Gasteiger partial charge in [-0.2, -0.15) is 8.42 Å². The van der Waals surface area contributed by atoms with Gasteiger partial charge < -0.3 is 48.9 Å². The van der Waals surface area contributed by atoms with E-state index in [1.807, 2.05) is 42.6 Å². The summed E-state index contributed by atoms with van der Waals surface area (Å²) in [5.41, 5.74) is 5.04. The standard InChI is InChI=1S/C44H46N4O11S/c1-25-36-17-28(26-7-11-30(54-2)12-8-26)23-47(36)43(49)32-19-38(56-4)40(21-34(32)45-25)58-15-6-16-59-41-22-35-33(20-39(41)57-5)44(50)48-24-29(27-9-13-31(55-3)14-10-27)18-37(48)42(46-35)60(51,52)53/h7-14,19-25,36-37,42,45-46H,6,15-18H2,1-5H3,(H,51,52,53)/t25?,36-,37-,42?/m0/s1. The number of hydrogen-bond acceptors (Lipinski definition) is 12. The van der Waals surface area contributed by atoms with Crippen molar-refractivity contribution in [2.45, 2.75) is 49.7 Å². The molecule has 0 bridgehead atoms. The van der Waals surface area contributed by atoms with Crippen LogP contribution in [0.4, 0.5) is 11.4 Å². The van der Waals surface area contributed by atoms with E-state index in [0.717, 1.165) is 28.0 Å². The number of methoxy groups -OCH3 is 4. The molecule has 16 heteroatoms. The van der Waals surface area contributed by atoms with Gasteiger partial charge in [-0.1, -0.05) is 24.3 Å². The number of rotatable bonds is 13. The van der Waals surface area contributed by atoms with Crippen molar-refractivity contribution in [1.82, 2.24) is 9.80 Å². The lowest BCUT2D eigenvalue weighted by Crippen LogP contribution is -2.46. The Labute approximate surface area is 348 Å². The molecular formula is C44H46N4O11S. The number of fused-ring (bicyclic) bond motifs is 4. The molecule has 4 heterocycles. The summed E-state index contributed by atoms with van der Waals surface area (Å²) in [4.78, 5) is 31.1. The van der Waals surface area contributed by atoms with Crippen LogP contribution >= 0.6 is 0 Å². The number of carbonyl (C=O) groups excluding carboxylic acids is 2. The molecule has 4 aliphatic heterocycles. The molecule has 15 nitrogen and oxygen atoms in total. The SMILES string of the molecule is COc1ccc(C2=CN3C(=O)c4cc(OC)c(OCCCOc5cc6c(cc5OC)C(=O)N5C=C(c7ccc(OC)cc7)C[C@H]5C(S(=O)(=O)O)N6)cc4NC(C)[C@@H]3C2)cc1. The quantitative estimate of drug-likeness (QED) is 0.0980. The van der Waals surface area contributed by atoms with Crippen LogP contribution in [-0.2, 0) is 10.1 Å². The maximum absolute atomic E-state index is 14.0. The fourth-order valence-corrected chi connectivity index (χ4v) is 9.09. The van der Waals surface area contributed by atoms with Gasteiger partial charge in [0.15, 0.2) is 28.4 Å². The number of nitrogens with zero attached hydrogens (tertiary/aromatic N) is 2. The molecule has 0 aromatic heterocycles. The highest BCUT2D eigenvalue weighted by Crippen LogP contribution is 2.43. The van der Waals surface area contributed by atoms with Crippen LogP contribution in [0.2, 0.25) is 0 Å². The third kappa shape index (κ3) is 7.63. The summed E-state index contributed by atoms with van der Waals surface area (Å²) in [5, 5.41) is 4.91. The summed E-state index contributed by atoms with van der Waals surface area (Å²) in [7, 11) is 1.46. The zero-order valence-corrected chi connectivity index (χ0v) is 34.6. The van der Waals surface area contributed by atoms with Gasteiger partial charge in [0, 0.05) is 37.0 Å². The second kappa shape index (κ2) is 16.3. The first-order chi connectivity index (χ1) is 28.9. The highest BCUT2D eigenvalue weighted by atomic mass is 32.2. The Bertz CT molecular complexity index is 2490. The van der Waals surface area contributed by atoms with Gasteiger partial charge in [0.1, 0.15) is 11.5 Å². The molecule has 2 amide bonds. The lowest BCUT2D eigenvalue weighted by atomic mass is 9.99. The molecular weight excluding hydrogens is 793 g/mol. The molecule has 0 aliphatic carbocycles. The number of ether oxygens (including phenoxy) is 6. The first kappa shape index (κ1) is 40.4. The van der Waals surface area contributed by atoms with Crippen LogP contribution in [0.15, 0.2) is 85.2 Å². The molecule has 4 aromatic carbocycles. The van der Waals surface area contributed by atoms with Crippen LogP contribution in [0.5, 0.6) is 34.5 Å². The summed E-state index contributed by atoms with van der Waals surface area (Å²) in [5.74, 6) is 2.18. The Morgan fingerprint density at radius 2 is 1.08 bits per heavy atom. The summed E-state index contributed by atoms with van der Waals surface area (Å²) >= 11 is 0. The monoisotopic (exact) mass is 838 g/mol. The third-order valence-electron chi connectivity index (χ3n) is 11.4. The first-order valence-corrected chi connectivity index (χ1v) is 21.0. The average Bonchev–Trinajstić information content (AvgIpc) is 3.86. The summed E-state index contributed by atoms with van der Waals surface area (Å²) in [6.45, 7) is 2.43. The van der Waals surface area contributed by atoms with Crippen molar-refractivity contribution in [2.24, 2.45) is 0 Å². The van der Waals surface area contributed by atoms with E-state index in [9.17, 15) is 22.6 Å². The molecule has 2 unspecified atom stereocenters. The highest BCUT2D eigenvalue weighted by Gasteiger charge is 2.45. The highest BCUT2D eigenvalue weighted by molar-refractivity contribution is 7.86. The maximum atomic E-state index is 14.0. The average molecular weight is 839 g/mol. The van der Waals surface area contributed by atoms with Gasteiger partial charge in [0.05, 0.1) is 76.2 Å². The molecule has 4 aliphatic rings. The van der Waals surface area contributed by atoms with Crippen molar-refractivity contribution in [3.05, 3.63) is 107 Å². The largest absolute Gasteiger partial charge is 0.497 e. The lowest BCUT2D eigenvalue weighted by molar-refractivity contribution is 0.0778. The van der Waals surface area contributed by atoms with Gasteiger partial charge in [-0.25, -0.2) is 0 Å². The zero-order valence-electron chi connectivity index (χ0n) is 33.8. The third-order valence-corrected chi connectivity index (χ3v) is 12.4. The van der Waals surface area contributed by atoms with Crippen molar-refractivity contribution < 1.29 is 51.0 Å². The number of nitrogens with one attached hydrogen (secondary N) is 2. The predicted octanol–water partition coefficient (Wildman–Crippen LogP) is 6.53. The topological polar surface area (TPSA) is 174 Å². The van der Waals surface area contributed by atoms with E-state index in [1.165, 1.54) is 31.3 Å². The van der Waals surface area contributed by atoms with E-state index in [2.05, 4.69) is 17.6 Å². The van der Waals surface area contributed by atoms with E-state index >= 15 is 0 Å². The molecule has 4 atom stereocenters. The van der Waals surface area contributed by atoms with Gasteiger partial charge in [0.25, 0.3) is 21.9 Å². The number of amides is 2. The minimum Gasteiger partial charge on any atom is -0.497 e. The van der Waals surface area contributed by atoms with Crippen molar-refractivity contribution in [2.75, 3.05) is 52.3 Å². The first-order valence-electron chi connectivity index (χ1n) is 19.4. The van der Waals surface area contributed by atoms with Crippen LogP contribution in [0.25, 0.3) is 11.1 Å². The predicted molar refractivity (Wildman–Crippen MR) is 225 cm³/mol. The fourth-order valence-electron chi connectivity index (χ4n) is 8.19. The zero-order chi connectivity index (χ0) is 42.3. The normalized spacial score (nSPS) is 20.5. The second-order valence-electron chi connectivity index (χ2n) is 14.9. The van der Waals surface area contributed by atoms with Crippen molar-refractivity contribution in [1.29, 1.82) is 0 Å². The van der Waals surface area contributed by atoms with Crippen LogP contribution in [-0.4, -0.2) is 99.7 Å². The Morgan fingerprint density at radius 3 is 1.53 bits per heavy atom. The van der Waals surface area contributed by atoms with Crippen molar-refractivity contribution in [3.63, 3.8) is 0 Å². The molecule has 4 aromatic rings. The van der Waals surface area contributed by atoms with Crippen LogP contribution in [0, 0.1) is 0 Å². The van der Waals surface area contributed by atoms with Gasteiger partial charge >= 0.3 is 0 Å². The number of hydrogen-bond donors (Lipinski definition) is 3. The number of carbonyl (C=O) groups is 2. The molecule has 8 rings (SSSR count). The molecule has 314 valence electrons. The Kier molecular flexibility index (Phi) is 11.0. The van der Waals surface area contributed by atoms with E-state index in [1.54, 1.807) is 49.6 Å². The van der Waals surface area contributed by atoms with Gasteiger partial charge in [-0.05, 0) is 78.4 Å². The van der Waals surface area contributed by atoms with Crippen molar-refractivity contribution >= 4 is 44.5 Å². The molecule has 0 fully saturated rings. The summed E-state index contributed by atoms with van der Waals surface area (Å²) in [6.07, 6.45) is 4.82. The van der Waals surface area contributed by atoms with E-state index < -0.39 is 27.4 Å². The second-order valence-corrected chi connectivity index (χ2v) is 16.4. The van der Waals surface area contributed by atoms with Crippen LogP contribution in [0.3, 0.4) is 0 Å². The minimum atomic E-state index is -4.69. The smallest absolute Gasteiger partial charge is 0.288 e. The molecule has 0 saturated carbocycles. The molecule has 60 heavy (non-hydrogen) atoms. The van der Waals surface area contributed by atoms with E-state index in [0.29, 0.717) is 41.3 Å². The van der Waals surface area contributed by atoms with Crippen molar-refractivity contribution in [3.8, 4) is 34.5 Å².